The zero-order chi connectivity index (χ0) is 24.5. The number of hydrogen-bond donors (Lipinski definition) is 6. The van der Waals surface area contributed by atoms with Crippen molar-refractivity contribution in [3.05, 3.63) is 29.8 Å². The molecule has 1 aliphatic rings. The predicted molar refractivity (Wildman–Crippen MR) is 116 cm³/mol. The average molecular weight is 463 g/mol. The van der Waals surface area contributed by atoms with Gasteiger partial charge in [0, 0.05) is 13.0 Å². The van der Waals surface area contributed by atoms with E-state index in [4.69, 9.17) is 11.5 Å². The van der Waals surface area contributed by atoms with Crippen molar-refractivity contribution in [3.63, 3.8) is 0 Å². The molecule has 33 heavy (non-hydrogen) atoms. The molecule has 3 atom stereocenters. The molecule has 0 radical (unpaired) electrons. The van der Waals surface area contributed by atoms with Gasteiger partial charge in [0.05, 0.1) is 12.6 Å². The van der Waals surface area contributed by atoms with E-state index in [2.05, 4.69) is 10.6 Å². The van der Waals surface area contributed by atoms with E-state index < -0.39 is 47.7 Å². The number of aliphatic carboxylic acids is 1. The first-order valence-electron chi connectivity index (χ1n) is 10.5. The molecule has 1 aliphatic heterocycles. The van der Waals surface area contributed by atoms with Crippen LogP contribution in [0.15, 0.2) is 24.3 Å². The van der Waals surface area contributed by atoms with Gasteiger partial charge in [-0.2, -0.15) is 0 Å². The van der Waals surface area contributed by atoms with E-state index in [1.54, 1.807) is 12.1 Å². The summed E-state index contributed by atoms with van der Waals surface area (Å²) in [5.74, 6) is -3.60. The van der Waals surface area contributed by atoms with Crippen molar-refractivity contribution in [3.8, 4) is 5.75 Å². The standard InChI is InChI=1S/C21H29N5O7/c22-14(10-12-3-5-13(27)6-4-12)19(30)24-11-18(29)26-9-1-2-16(26)20(31)25-15(21(32)33)7-8-17(23)28/h3-6,14-16,27H,1-2,7-11,22H2,(H2,23,28)(H,24,30)(H,25,31)(H,32,33). The highest BCUT2D eigenvalue weighted by Crippen LogP contribution is 2.18. The summed E-state index contributed by atoms with van der Waals surface area (Å²) in [7, 11) is 0. The van der Waals surface area contributed by atoms with E-state index in [9.17, 15) is 34.2 Å². The summed E-state index contributed by atoms with van der Waals surface area (Å²) in [4.78, 5) is 61.0. The monoisotopic (exact) mass is 463 g/mol. The summed E-state index contributed by atoms with van der Waals surface area (Å²) in [6, 6.07) is 3.12. The Hall–Kier alpha value is -3.67. The third kappa shape index (κ3) is 7.75. The lowest BCUT2D eigenvalue weighted by atomic mass is 10.1. The molecule has 1 aromatic rings. The van der Waals surface area contributed by atoms with Crippen LogP contribution in [0.1, 0.15) is 31.2 Å². The van der Waals surface area contributed by atoms with Crippen LogP contribution in [0.4, 0.5) is 0 Å². The van der Waals surface area contributed by atoms with Gasteiger partial charge in [0.1, 0.15) is 17.8 Å². The highest BCUT2D eigenvalue weighted by molar-refractivity contribution is 5.93. The molecule has 1 aromatic carbocycles. The van der Waals surface area contributed by atoms with Crippen molar-refractivity contribution in [2.45, 2.75) is 50.2 Å². The smallest absolute Gasteiger partial charge is 0.326 e. The molecule has 0 spiro atoms. The number of nitrogens with one attached hydrogen (secondary N) is 2. The minimum atomic E-state index is -1.31. The summed E-state index contributed by atoms with van der Waals surface area (Å²) < 4.78 is 0. The van der Waals surface area contributed by atoms with Gasteiger partial charge in [-0.1, -0.05) is 12.1 Å². The third-order valence-corrected chi connectivity index (χ3v) is 5.31. The van der Waals surface area contributed by atoms with Gasteiger partial charge in [0.15, 0.2) is 0 Å². The summed E-state index contributed by atoms with van der Waals surface area (Å²) in [6.45, 7) is -0.0820. The maximum atomic E-state index is 12.6. The van der Waals surface area contributed by atoms with Crippen LogP contribution in [0.5, 0.6) is 5.75 Å². The number of phenolic OH excluding ortho intramolecular Hbond substituents is 1. The molecule has 8 N–H and O–H groups in total. The van der Waals surface area contributed by atoms with Crippen LogP contribution in [0.25, 0.3) is 0 Å². The molecule has 2 rings (SSSR count). The number of carbonyl (C=O) groups is 5. The molecular weight excluding hydrogens is 434 g/mol. The number of rotatable bonds is 11. The molecule has 0 aromatic heterocycles. The lowest BCUT2D eigenvalue weighted by Gasteiger charge is -2.26. The number of carboxylic acid groups (broad SMARTS) is 1. The minimum Gasteiger partial charge on any atom is -0.508 e. The fraction of sp³-hybridized carbons (Fsp3) is 0.476. The van der Waals surface area contributed by atoms with Crippen molar-refractivity contribution >= 4 is 29.6 Å². The van der Waals surface area contributed by atoms with Crippen LogP contribution in [0.2, 0.25) is 0 Å². The van der Waals surface area contributed by atoms with Crippen molar-refractivity contribution in [2.24, 2.45) is 11.5 Å². The SMILES string of the molecule is NC(=O)CCC(NC(=O)C1CCCN1C(=O)CNC(=O)C(N)Cc1ccc(O)cc1)C(=O)O. The Balaban J connectivity index is 1.87. The molecule has 3 unspecified atom stereocenters. The molecule has 180 valence electrons. The second-order valence-corrected chi connectivity index (χ2v) is 7.84. The third-order valence-electron chi connectivity index (χ3n) is 5.31. The number of nitrogens with zero attached hydrogens (tertiary/aromatic N) is 1. The highest BCUT2D eigenvalue weighted by Gasteiger charge is 2.36. The Labute approximate surface area is 190 Å². The number of nitrogens with two attached hydrogens (primary N) is 2. The quantitative estimate of drug-likeness (QED) is 0.220. The Bertz CT molecular complexity index is 889. The first-order chi connectivity index (χ1) is 15.6. The molecule has 4 amide bonds. The number of primary amides is 1. The van der Waals surface area contributed by atoms with Crippen molar-refractivity contribution in [2.75, 3.05) is 13.1 Å². The summed E-state index contributed by atoms with van der Waals surface area (Å²) in [5, 5.41) is 23.4. The maximum absolute atomic E-state index is 12.6. The summed E-state index contributed by atoms with van der Waals surface area (Å²) in [5.41, 5.74) is 11.7. The van der Waals surface area contributed by atoms with Gasteiger partial charge in [-0.25, -0.2) is 4.79 Å². The molecule has 0 aliphatic carbocycles. The number of carbonyl (C=O) groups excluding carboxylic acids is 4. The maximum Gasteiger partial charge on any atom is 0.326 e. The zero-order valence-electron chi connectivity index (χ0n) is 18.0. The molecule has 0 bridgehead atoms. The fourth-order valence-electron chi connectivity index (χ4n) is 3.52. The van der Waals surface area contributed by atoms with E-state index in [1.165, 1.54) is 17.0 Å². The first kappa shape index (κ1) is 25.6. The normalized spacial score (nSPS) is 17.1. The number of carboxylic acids is 1. The van der Waals surface area contributed by atoms with Gasteiger partial charge in [-0.15, -0.1) is 0 Å². The summed E-state index contributed by atoms with van der Waals surface area (Å²) in [6.07, 6.45) is 0.717. The Morgan fingerprint density at radius 2 is 1.82 bits per heavy atom. The molecule has 1 saturated heterocycles. The van der Waals surface area contributed by atoms with Crippen LogP contribution in [0, 0.1) is 0 Å². The lowest BCUT2D eigenvalue weighted by Crippen LogP contribution is -2.53. The van der Waals surface area contributed by atoms with Crippen LogP contribution in [-0.2, 0) is 30.4 Å². The molecular formula is C21H29N5O7. The van der Waals surface area contributed by atoms with Gasteiger partial charge in [-0.05, 0) is 43.4 Å². The Morgan fingerprint density at radius 1 is 1.15 bits per heavy atom. The Morgan fingerprint density at radius 3 is 2.42 bits per heavy atom. The van der Waals surface area contributed by atoms with E-state index in [-0.39, 0.29) is 38.1 Å². The topological polar surface area (TPSA) is 205 Å². The fourth-order valence-corrected chi connectivity index (χ4v) is 3.52. The second kappa shape index (κ2) is 11.8. The van der Waals surface area contributed by atoms with E-state index in [0.29, 0.717) is 12.8 Å². The zero-order valence-corrected chi connectivity index (χ0v) is 18.0. The van der Waals surface area contributed by atoms with Crippen LogP contribution < -0.4 is 22.1 Å². The molecule has 12 heteroatoms. The number of amides is 4. The van der Waals surface area contributed by atoms with E-state index in [1.807, 2.05) is 0 Å². The van der Waals surface area contributed by atoms with Gasteiger partial charge in [0.2, 0.25) is 23.6 Å². The lowest BCUT2D eigenvalue weighted by molar-refractivity contribution is -0.144. The van der Waals surface area contributed by atoms with Crippen LogP contribution in [-0.4, -0.2) is 75.9 Å². The number of benzene rings is 1. The largest absolute Gasteiger partial charge is 0.508 e. The predicted octanol–water partition coefficient (Wildman–Crippen LogP) is -1.80. The molecule has 1 fully saturated rings. The van der Waals surface area contributed by atoms with Crippen LogP contribution in [0.3, 0.4) is 0 Å². The van der Waals surface area contributed by atoms with Crippen molar-refractivity contribution in [1.29, 1.82) is 0 Å². The minimum absolute atomic E-state index is 0.0918. The highest BCUT2D eigenvalue weighted by atomic mass is 16.4. The Kier molecular flexibility index (Phi) is 9.16. The van der Waals surface area contributed by atoms with Gasteiger partial charge >= 0.3 is 5.97 Å². The van der Waals surface area contributed by atoms with Crippen LogP contribution >= 0.6 is 0 Å². The number of phenols is 1. The summed E-state index contributed by atoms with van der Waals surface area (Å²) >= 11 is 0. The van der Waals surface area contributed by atoms with E-state index >= 15 is 0 Å². The second-order valence-electron chi connectivity index (χ2n) is 7.84. The molecule has 0 saturated carbocycles. The number of aromatic hydroxyl groups is 1. The number of likely N-dealkylation sites (tertiary alicyclic amines) is 1. The van der Waals surface area contributed by atoms with Gasteiger partial charge < -0.3 is 37.2 Å². The molecule has 12 nitrogen and oxygen atoms in total. The average Bonchev–Trinajstić information content (AvgIpc) is 3.26. The van der Waals surface area contributed by atoms with Gasteiger partial charge in [0.25, 0.3) is 0 Å². The van der Waals surface area contributed by atoms with Crippen molar-refractivity contribution in [1.82, 2.24) is 15.5 Å². The van der Waals surface area contributed by atoms with Gasteiger partial charge in [-0.3, -0.25) is 19.2 Å². The first-order valence-corrected chi connectivity index (χ1v) is 10.5. The molecule has 1 heterocycles. The number of hydrogen-bond acceptors (Lipinski definition) is 7. The van der Waals surface area contributed by atoms with E-state index in [0.717, 1.165) is 5.56 Å². The van der Waals surface area contributed by atoms with Crippen molar-refractivity contribution < 1.29 is 34.2 Å².